The van der Waals surface area contributed by atoms with E-state index in [1.165, 1.54) is 29.1 Å². The summed E-state index contributed by atoms with van der Waals surface area (Å²) in [5, 5.41) is 4.72. The van der Waals surface area contributed by atoms with Crippen LogP contribution in [0.3, 0.4) is 0 Å². The number of piperidine rings is 1. The molecule has 20 heavy (non-hydrogen) atoms. The molecule has 4 fully saturated rings. The van der Waals surface area contributed by atoms with Crippen molar-refractivity contribution in [2.75, 3.05) is 13.1 Å². The molecule has 106 valence electrons. The summed E-state index contributed by atoms with van der Waals surface area (Å²) in [6.45, 7) is 2.14. The Bertz CT molecular complexity index is 583. The molecule has 2 heterocycles. The van der Waals surface area contributed by atoms with E-state index >= 15 is 0 Å². The first-order valence-electron chi connectivity index (χ1n) is 7.92. The molecule has 1 N–H and O–H groups in total. The zero-order valence-electron chi connectivity index (χ0n) is 11.7. The first kappa shape index (κ1) is 11.9. The van der Waals surface area contributed by atoms with E-state index in [2.05, 4.69) is 5.32 Å². The van der Waals surface area contributed by atoms with Crippen LogP contribution in [-0.2, 0) is 11.8 Å². The van der Waals surface area contributed by atoms with Gasteiger partial charge in [-0.05, 0) is 62.9 Å². The molecule has 0 amide bonds. The molecular formula is C16H20N2OS. The summed E-state index contributed by atoms with van der Waals surface area (Å²) >= 11 is 1.88. The number of nitrogens with zero attached hydrogens (tertiary/aromatic N) is 1. The van der Waals surface area contributed by atoms with Crippen molar-refractivity contribution in [1.29, 1.82) is 0 Å². The molecule has 1 aromatic heterocycles. The first-order chi connectivity index (χ1) is 9.68. The fourth-order valence-electron chi connectivity index (χ4n) is 4.79. The van der Waals surface area contributed by atoms with Gasteiger partial charge in [-0.15, -0.1) is 11.3 Å². The van der Waals surface area contributed by atoms with Crippen molar-refractivity contribution in [3.05, 3.63) is 15.6 Å². The van der Waals surface area contributed by atoms with Crippen molar-refractivity contribution in [3.63, 3.8) is 0 Å². The molecule has 6 rings (SSSR count). The number of aromatic nitrogens is 1. The summed E-state index contributed by atoms with van der Waals surface area (Å²) in [5.41, 5.74) is 1.51. The molecule has 1 spiro atoms. The topological polar surface area (TPSA) is 42.0 Å². The third-order valence-electron chi connectivity index (χ3n) is 6.19. The number of carbonyl (C=O) groups is 1. The minimum atomic E-state index is 0.249. The van der Waals surface area contributed by atoms with Crippen molar-refractivity contribution in [2.45, 2.75) is 50.4 Å². The smallest absolute Gasteiger partial charge is 0.182 e. The summed E-state index contributed by atoms with van der Waals surface area (Å²) in [6, 6.07) is 0. The maximum absolute atomic E-state index is 12.5. The van der Waals surface area contributed by atoms with Crippen LogP contribution in [0.5, 0.6) is 0 Å². The lowest BCUT2D eigenvalue weighted by Gasteiger charge is -2.60. The summed E-state index contributed by atoms with van der Waals surface area (Å²) in [5.74, 6) is 1.30. The van der Waals surface area contributed by atoms with Crippen molar-refractivity contribution >= 4 is 17.1 Å². The number of Topliss-reactive ketones (excluding diaryl/α,β-unsaturated/α-hetero) is 1. The van der Waals surface area contributed by atoms with Gasteiger partial charge in [0.2, 0.25) is 0 Å². The van der Waals surface area contributed by atoms with E-state index in [0.29, 0.717) is 11.2 Å². The fraction of sp³-hybridized carbons (Fsp3) is 0.750. The normalized spacial score (nSPS) is 37.2. The molecule has 1 aliphatic heterocycles. The van der Waals surface area contributed by atoms with E-state index in [-0.39, 0.29) is 5.41 Å². The third-order valence-corrected chi connectivity index (χ3v) is 7.49. The van der Waals surface area contributed by atoms with Crippen LogP contribution >= 0.6 is 11.3 Å². The number of hydrogen-bond donors (Lipinski definition) is 1. The molecule has 0 radical (unpaired) electrons. The monoisotopic (exact) mass is 288 g/mol. The standard InChI is InChI=1S/C16H20N2OS/c19-11-8-15(1-3-17-4-2-15)9-12-13(11)18-14(20-12)16-5-10(6-16)7-16/h10,17H,1-9H2. The largest absolute Gasteiger partial charge is 0.317 e. The van der Waals surface area contributed by atoms with E-state index in [1.54, 1.807) is 0 Å². The minimum absolute atomic E-state index is 0.249. The van der Waals surface area contributed by atoms with Crippen LogP contribution < -0.4 is 5.32 Å². The number of ketones is 1. The Morgan fingerprint density at radius 2 is 1.90 bits per heavy atom. The van der Waals surface area contributed by atoms with Crippen LogP contribution in [0.25, 0.3) is 0 Å². The zero-order valence-corrected chi connectivity index (χ0v) is 12.5. The van der Waals surface area contributed by atoms with Gasteiger partial charge in [0.15, 0.2) is 5.78 Å². The minimum Gasteiger partial charge on any atom is -0.317 e. The van der Waals surface area contributed by atoms with Crippen LogP contribution in [0.1, 0.15) is 58.9 Å². The van der Waals surface area contributed by atoms with E-state index in [0.717, 1.165) is 50.4 Å². The molecule has 0 atom stereocenters. The van der Waals surface area contributed by atoms with Crippen molar-refractivity contribution in [1.82, 2.24) is 10.3 Å². The van der Waals surface area contributed by atoms with Crippen LogP contribution in [0.4, 0.5) is 0 Å². The first-order valence-corrected chi connectivity index (χ1v) is 8.74. The Labute approximate surface area is 123 Å². The van der Waals surface area contributed by atoms with E-state index in [1.807, 2.05) is 11.3 Å². The van der Waals surface area contributed by atoms with Gasteiger partial charge in [0, 0.05) is 16.7 Å². The molecule has 4 aliphatic carbocycles. The van der Waals surface area contributed by atoms with Gasteiger partial charge in [-0.2, -0.15) is 0 Å². The van der Waals surface area contributed by atoms with Gasteiger partial charge < -0.3 is 5.32 Å². The second-order valence-corrected chi connectivity index (χ2v) is 8.66. The SMILES string of the molecule is O=C1CC2(CCNCC2)Cc2sc(C34CC(C3)C4)nc21. The molecule has 2 bridgehead atoms. The average molecular weight is 288 g/mol. The second-order valence-electron chi connectivity index (χ2n) is 7.58. The Morgan fingerprint density at radius 3 is 2.55 bits per heavy atom. The Kier molecular flexibility index (Phi) is 2.21. The molecule has 4 heteroatoms. The van der Waals surface area contributed by atoms with Crippen molar-refractivity contribution in [2.24, 2.45) is 11.3 Å². The zero-order chi connectivity index (χ0) is 13.4. The lowest BCUT2D eigenvalue weighted by molar-refractivity contribution is -0.0275. The van der Waals surface area contributed by atoms with Crippen LogP contribution in [0.2, 0.25) is 0 Å². The molecule has 3 saturated carbocycles. The lowest BCUT2D eigenvalue weighted by atomic mass is 9.45. The Balaban J connectivity index is 1.51. The number of hydrogen-bond acceptors (Lipinski definition) is 4. The highest BCUT2D eigenvalue weighted by molar-refractivity contribution is 7.12. The lowest BCUT2D eigenvalue weighted by Crippen LogP contribution is -2.55. The van der Waals surface area contributed by atoms with E-state index in [4.69, 9.17) is 4.98 Å². The van der Waals surface area contributed by atoms with Crippen molar-refractivity contribution < 1.29 is 4.79 Å². The van der Waals surface area contributed by atoms with Gasteiger partial charge in [0.05, 0.1) is 5.01 Å². The third kappa shape index (κ3) is 1.44. The summed E-state index contributed by atoms with van der Waals surface area (Å²) in [4.78, 5) is 18.6. The molecule has 3 nitrogen and oxygen atoms in total. The van der Waals surface area contributed by atoms with Gasteiger partial charge in [0.1, 0.15) is 5.69 Å². The van der Waals surface area contributed by atoms with Gasteiger partial charge >= 0.3 is 0 Å². The average Bonchev–Trinajstić information content (AvgIpc) is 2.69. The maximum Gasteiger partial charge on any atom is 0.182 e. The van der Waals surface area contributed by atoms with Crippen molar-refractivity contribution in [3.8, 4) is 0 Å². The van der Waals surface area contributed by atoms with Gasteiger partial charge in [-0.1, -0.05) is 0 Å². The maximum atomic E-state index is 12.5. The summed E-state index contributed by atoms with van der Waals surface area (Å²) in [7, 11) is 0. The van der Waals surface area contributed by atoms with E-state index in [9.17, 15) is 4.79 Å². The highest BCUT2D eigenvalue weighted by Gasteiger charge is 2.59. The number of rotatable bonds is 1. The molecular weight excluding hydrogens is 268 g/mol. The molecule has 1 aromatic rings. The molecule has 0 unspecified atom stereocenters. The van der Waals surface area contributed by atoms with Crippen LogP contribution in [0, 0.1) is 11.3 Å². The number of thiazole rings is 1. The fourth-order valence-corrected chi connectivity index (χ4v) is 6.27. The predicted octanol–water partition coefficient (Wildman–Crippen LogP) is 2.69. The Morgan fingerprint density at radius 1 is 1.15 bits per heavy atom. The quantitative estimate of drug-likeness (QED) is 0.864. The highest BCUT2D eigenvalue weighted by atomic mass is 32.1. The van der Waals surface area contributed by atoms with Gasteiger partial charge in [-0.25, -0.2) is 4.98 Å². The highest BCUT2D eigenvalue weighted by Crippen LogP contribution is 2.66. The molecule has 0 aromatic carbocycles. The van der Waals surface area contributed by atoms with Gasteiger partial charge in [0.25, 0.3) is 0 Å². The summed E-state index contributed by atoms with van der Waals surface area (Å²) in [6.07, 6.45) is 8.15. The number of nitrogens with one attached hydrogen (secondary N) is 1. The van der Waals surface area contributed by atoms with Gasteiger partial charge in [-0.3, -0.25) is 4.79 Å². The predicted molar refractivity (Wildman–Crippen MR) is 78.3 cm³/mol. The van der Waals surface area contributed by atoms with E-state index < -0.39 is 0 Å². The van der Waals surface area contributed by atoms with Crippen LogP contribution in [0.15, 0.2) is 0 Å². The summed E-state index contributed by atoms with van der Waals surface area (Å²) < 4.78 is 0. The molecule has 1 saturated heterocycles. The Hall–Kier alpha value is -0.740. The second kappa shape index (κ2) is 3.72. The van der Waals surface area contributed by atoms with Crippen LogP contribution in [-0.4, -0.2) is 23.9 Å². The number of carbonyl (C=O) groups excluding carboxylic acids is 1. The number of fused-ring (bicyclic) bond motifs is 1. The molecule has 5 aliphatic rings.